The molecular weight excluding hydrogens is 564 g/mol. The topological polar surface area (TPSA) is 137 Å². The molecule has 4 heterocycles. The van der Waals surface area contributed by atoms with E-state index in [1.165, 1.54) is 38.4 Å². The number of benzene rings is 2. The number of sulfonamides is 1. The lowest BCUT2D eigenvalue weighted by Crippen LogP contribution is -2.53. The number of fused-ring (bicyclic) bond motifs is 2. The van der Waals surface area contributed by atoms with E-state index in [0.717, 1.165) is 0 Å². The zero-order valence-electron chi connectivity index (χ0n) is 23.2. The molecule has 2 aromatic carbocycles. The Labute approximate surface area is 243 Å². The Morgan fingerprint density at radius 2 is 1.50 bits per heavy atom. The van der Waals surface area contributed by atoms with E-state index in [2.05, 4.69) is 4.90 Å². The number of hydrogen-bond acceptors (Lipinski definition) is 9. The molecule has 6 rings (SSSR count). The van der Waals surface area contributed by atoms with E-state index in [1.807, 2.05) is 0 Å². The maximum atomic E-state index is 14.2. The van der Waals surface area contributed by atoms with Crippen molar-refractivity contribution in [2.75, 3.05) is 77.6 Å². The third kappa shape index (κ3) is 4.34. The van der Waals surface area contributed by atoms with E-state index in [4.69, 9.17) is 9.47 Å². The molecular formula is C29H32N4O8S. The van der Waals surface area contributed by atoms with Crippen LogP contribution in [-0.4, -0.2) is 118 Å². The highest BCUT2D eigenvalue weighted by Crippen LogP contribution is 2.53. The van der Waals surface area contributed by atoms with Crippen LogP contribution in [-0.2, 0) is 39.4 Å². The summed E-state index contributed by atoms with van der Waals surface area (Å²) in [5.74, 6) is -2.93. The molecule has 2 amide bonds. The Morgan fingerprint density at radius 1 is 0.881 bits per heavy atom. The first-order valence-corrected chi connectivity index (χ1v) is 15.3. The number of morpholine rings is 2. The van der Waals surface area contributed by atoms with Crippen LogP contribution in [0, 0.1) is 0 Å². The van der Waals surface area contributed by atoms with Gasteiger partial charge < -0.3 is 24.4 Å². The zero-order valence-corrected chi connectivity index (χ0v) is 24.0. The largest absolute Gasteiger partial charge is 0.507 e. The number of amides is 2. The van der Waals surface area contributed by atoms with Crippen molar-refractivity contribution in [1.29, 1.82) is 0 Å². The number of anilines is 1. The molecule has 1 unspecified atom stereocenters. The minimum atomic E-state index is -3.80. The molecule has 0 bridgehead atoms. The van der Waals surface area contributed by atoms with Crippen LogP contribution in [0.25, 0.3) is 5.76 Å². The Kier molecular flexibility index (Phi) is 7.39. The second-order valence-corrected chi connectivity index (χ2v) is 12.5. The molecule has 0 radical (unpaired) electrons. The molecule has 2 aromatic rings. The number of aliphatic hydroxyl groups is 1. The normalized spacial score (nSPS) is 25.0. The van der Waals surface area contributed by atoms with Crippen molar-refractivity contribution in [1.82, 2.24) is 14.1 Å². The quantitative estimate of drug-likeness (QED) is 0.289. The van der Waals surface area contributed by atoms with Gasteiger partial charge >= 0.3 is 0 Å². The van der Waals surface area contributed by atoms with E-state index in [1.54, 1.807) is 31.3 Å². The summed E-state index contributed by atoms with van der Waals surface area (Å²) in [6.45, 7) is 3.95. The number of nitrogens with zero attached hydrogens (tertiary/aromatic N) is 4. The van der Waals surface area contributed by atoms with Crippen LogP contribution in [0.15, 0.2) is 59.0 Å². The first-order chi connectivity index (χ1) is 20.2. The van der Waals surface area contributed by atoms with Crippen LogP contribution in [0.2, 0.25) is 0 Å². The number of likely N-dealkylation sites (tertiary alicyclic amines) is 1. The SMILES string of the molecule is CN1C(=O)C2(C(=C(O)c3ccc(S(=O)(=O)N4CCOCC4)cc3)C(=O)C(=O)N2CCN2CCOCC2)c2ccccc21. The highest BCUT2D eigenvalue weighted by atomic mass is 32.2. The fourth-order valence-corrected chi connectivity index (χ4v) is 7.61. The Morgan fingerprint density at radius 3 is 2.17 bits per heavy atom. The average Bonchev–Trinajstić information content (AvgIpc) is 3.38. The summed E-state index contributed by atoms with van der Waals surface area (Å²) in [7, 11) is -2.22. The predicted octanol–water partition coefficient (Wildman–Crippen LogP) is 0.592. The van der Waals surface area contributed by atoms with Crippen molar-refractivity contribution in [3.8, 4) is 0 Å². The Bertz CT molecular complexity index is 1560. The molecule has 4 aliphatic rings. The van der Waals surface area contributed by atoms with E-state index in [9.17, 15) is 27.9 Å². The first kappa shape index (κ1) is 28.5. The maximum absolute atomic E-state index is 14.2. The lowest BCUT2D eigenvalue weighted by atomic mass is 9.82. The molecule has 4 aliphatic heterocycles. The van der Waals surface area contributed by atoms with Crippen LogP contribution >= 0.6 is 0 Å². The number of ketones is 1. The van der Waals surface area contributed by atoms with Gasteiger partial charge in [0.05, 0.1) is 36.9 Å². The molecule has 1 atom stereocenters. The van der Waals surface area contributed by atoms with Crippen molar-refractivity contribution >= 4 is 39.1 Å². The van der Waals surface area contributed by atoms with Gasteiger partial charge in [0.1, 0.15) is 5.76 Å². The van der Waals surface area contributed by atoms with Gasteiger partial charge in [-0.3, -0.25) is 19.3 Å². The van der Waals surface area contributed by atoms with Gasteiger partial charge in [-0.25, -0.2) is 8.42 Å². The molecule has 1 N–H and O–H groups in total. The third-order valence-corrected chi connectivity index (χ3v) is 10.3. The fourth-order valence-electron chi connectivity index (χ4n) is 6.20. The molecule has 0 aromatic heterocycles. The highest BCUT2D eigenvalue weighted by Gasteiger charge is 2.66. The van der Waals surface area contributed by atoms with Crippen molar-refractivity contribution in [2.45, 2.75) is 10.4 Å². The van der Waals surface area contributed by atoms with Gasteiger partial charge in [0.25, 0.3) is 17.6 Å². The number of hydrogen-bond donors (Lipinski definition) is 1. The van der Waals surface area contributed by atoms with E-state index >= 15 is 0 Å². The lowest BCUT2D eigenvalue weighted by molar-refractivity contribution is -0.144. The second-order valence-electron chi connectivity index (χ2n) is 10.6. The van der Waals surface area contributed by atoms with Gasteiger partial charge in [0.2, 0.25) is 10.0 Å². The number of rotatable bonds is 6. The Balaban J connectivity index is 1.44. The molecule has 0 saturated carbocycles. The maximum Gasteiger partial charge on any atom is 0.296 e. The van der Waals surface area contributed by atoms with E-state index in [0.29, 0.717) is 57.3 Å². The second kappa shape index (κ2) is 10.9. The fraction of sp³-hybridized carbons (Fsp3) is 0.414. The Hall–Kier alpha value is -3.62. The van der Waals surface area contributed by atoms with E-state index in [-0.39, 0.29) is 35.7 Å². The predicted molar refractivity (Wildman–Crippen MR) is 151 cm³/mol. The van der Waals surface area contributed by atoms with Crippen LogP contribution in [0.3, 0.4) is 0 Å². The summed E-state index contributed by atoms with van der Waals surface area (Å²) in [4.78, 5) is 46.3. The smallest absolute Gasteiger partial charge is 0.296 e. The van der Waals surface area contributed by atoms with Crippen molar-refractivity contribution in [3.05, 3.63) is 65.2 Å². The number of ether oxygens (including phenoxy) is 2. The number of para-hydroxylation sites is 1. The number of likely N-dealkylation sites (N-methyl/N-ethyl adjacent to an activating group) is 1. The van der Waals surface area contributed by atoms with Gasteiger partial charge in [0.15, 0.2) is 5.54 Å². The van der Waals surface area contributed by atoms with Crippen molar-refractivity contribution in [2.24, 2.45) is 0 Å². The molecule has 1 spiro atoms. The molecule has 13 heteroatoms. The molecule has 12 nitrogen and oxygen atoms in total. The van der Waals surface area contributed by atoms with Crippen LogP contribution in [0.5, 0.6) is 0 Å². The minimum Gasteiger partial charge on any atom is -0.507 e. The van der Waals surface area contributed by atoms with Crippen molar-refractivity contribution in [3.63, 3.8) is 0 Å². The number of aliphatic hydroxyl groups excluding tert-OH is 1. The number of carbonyl (C=O) groups is 3. The third-order valence-electron chi connectivity index (χ3n) is 8.42. The molecule has 222 valence electrons. The average molecular weight is 597 g/mol. The summed E-state index contributed by atoms with van der Waals surface area (Å²) < 4.78 is 38.2. The lowest BCUT2D eigenvalue weighted by Gasteiger charge is -2.36. The zero-order chi connectivity index (χ0) is 29.6. The van der Waals surface area contributed by atoms with Gasteiger partial charge in [-0.1, -0.05) is 18.2 Å². The summed E-state index contributed by atoms with van der Waals surface area (Å²) in [6, 6.07) is 12.4. The molecule has 3 saturated heterocycles. The standard InChI is InChI=1S/C29H32N4O8S/c1-30-23-5-3-2-4-22(23)29(28(30)37)24(26(35)27(36)33(29)11-10-31-12-16-40-17-13-31)25(34)20-6-8-21(9-7-20)42(38,39)32-14-18-41-19-15-32/h2-9,34H,10-19H2,1H3. The summed E-state index contributed by atoms with van der Waals surface area (Å²) in [5, 5.41) is 11.6. The molecule has 42 heavy (non-hydrogen) atoms. The van der Waals surface area contributed by atoms with Crippen LogP contribution in [0.1, 0.15) is 11.1 Å². The number of carbonyl (C=O) groups excluding carboxylic acids is 3. The summed E-state index contributed by atoms with van der Waals surface area (Å²) >= 11 is 0. The van der Waals surface area contributed by atoms with Crippen LogP contribution in [0.4, 0.5) is 5.69 Å². The number of Topliss-reactive ketones (excluding diaryl/α,β-unsaturated/α-hetero) is 1. The monoisotopic (exact) mass is 596 g/mol. The van der Waals surface area contributed by atoms with Crippen molar-refractivity contribution < 1.29 is 37.4 Å². The highest BCUT2D eigenvalue weighted by molar-refractivity contribution is 7.89. The van der Waals surface area contributed by atoms with Crippen LogP contribution < -0.4 is 4.90 Å². The molecule has 0 aliphatic carbocycles. The van der Waals surface area contributed by atoms with E-state index < -0.39 is 38.9 Å². The minimum absolute atomic E-state index is 0.0173. The summed E-state index contributed by atoms with van der Waals surface area (Å²) in [5.41, 5.74) is -1.14. The van der Waals surface area contributed by atoms with Gasteiger partial charge in [-0.15, -0.1) is 0 Å². The molecule has 3 fully saturated rings. The summed E-state index contributed by atoms with van der Waals surface area (Å²) in [6.07, 6.45) is 0. The van der Waals surface area contributed by atoms with Gasteiger partial charge in [0, 0.05) is 63.1 Å². The first-order valence-electron chi connectivity index (χ1n) is 13.8. The van der Waals surface area contributed by atoms with Gasteiger partial charge in [-0.05, 0) is 30.3 Å². The van der Waals surface area contributed by atoms with Gasteiger partial charge in [-0.2, -0.15) is 4.31 Å².